The van der Waals surface area contributed by atoms with E-state index in [4.69, 9.17) is 28.0 Å². The largest absolute Gasteiger partial charge is 0.399 e. The molecule has 0 bridgehead atoms. The summed E-state index contributed by atoms with van der Waals surface area (Å²) in [5.41, 5.74) is 2.48. The Labute approximate surface area is 150 Å². The summed E-state index contributed by atoms with van der Waals surface area (Å²) < 4.78 is 1.95. The van der Waals surface area contributed by atoms with E-state index in [9.17, 15) is 5.11 Å². The molecular formula is C16H20Cl2N4O2. The van der Waals surface area contributed by atoms with E-state index in [0.29, 0.717) is 23.0 Å². The lowest BCUT2D eigenvalue weighted by Gasteiger charge is -2.29. The van der Waals surface area contributed by atoms with Gasteiger partial charge in [-0.2, -0.15) is 0 Å². The standard InChI is InChI=1S/C16H20Cl2N4O2/c1-24-21-10(5-14-16(23)3-2-4-19-14)8-22-9-20-13-6-11(17)12(18)7-15(13)22/h6-7,9,14,16,19,23H,2-5,8H2,1H3/t14-,16+/m1/s1. The summed E-state index contributed by atoms with van der Waals surface area (Å²) in [6.07, 6.45) is 3.76. The minimum Gasteiger partial charge on any atom is -0.399 e. The van der Waals surface area contributed by atoms with Crippen molar-refractivity contribution in [2.24, 2.45) is 5.16 Å². The zero-order valence-electron chi connectivity index (χ0n) is 13.4. The van der Waals surface area contributed by atoms with Gasteiger partial charge < -0.3 is 19.8 Å². The molecule has 2 aromatic rings. The summed E-state index contributed by atoms with van der Waals surface area (Å²) in [4.78, 5) is 9.34. The monoisotopic (exact) mass is 370 g/mol. The fourth-order valence-electron chi connectivity index (χ4n) is 3.03. The van der Waals surface area contributed by atoms with Crippen LogP contribution in [0, 0.1) is 0 Å². The average molecular weight is 371 g/mol. The average Bonchev–Trinajstić information content (AvgIpc) is 2.92. The molecule has 1 aliphatic heterocycles. The third-order valence-corrected chi connectivity index (χ3v) is 4.96. The predicted octanol–water partition coefficient (Wildman–Crippen LogP) is 2.85. The molecule has 0 unspecified atom stereocenters. The van der Waals surface area contributed by atoms with Crippen LogP contribution in [0.2, 0.25) is 10.0 Å². The maximum Gasteiger partial charge on any atom is 0.106 e. The van der Waals surface area contributed by atoms with E-state index < -0.39 is 0 Å². The number of oxime groups is 1. The molecule has 0 radical (unpaired) electrons. The lowest BCUT2D eigenvalue weighted by Crippen LogP contribution is -2.46. The van der Waals surface area contributed by atoms with Crippen molar-refractivity contribution in [3.63, 3.8) is 0 Å². The predicted molar refractivity (Wildman–Crippen MR) is 95.8 cm³/mol. The van der Waals surface area contributed by atoms with E-state index in [0.717, 1.165) is 36.1 Å². The van der Waals surface area contributed by atoms with Crippen LogP contribution in [0.1, 0.15) is 19.3 Å². The second-order valence-corrected chi connectivity index (χ2v) is 6.76. The van der Waals surface area contributed by atoms with Gasteiger partial charge in [0.1, 0.15) is 7.11 Å². The van der Waals surface area contributed by atoms with Crippen LogP contribution in [0.4, 0.5) is 0 Å². The summed E-state index contributed by atoms with van der Waals surface area (Å²) in [6, 6.07) is 3.53. The molecule has 1 aromatic carbocycles. The summed E-state index contributed by atoms with van der Waals surface area (Å²) in [5, 5.41) is 18.6. The minimum atomic E-state index is -0.367. The number of benzene rings is 1. The Morgan fingerprint density at radius 2 is 2.25 bits per heavy atom. The number of aliphatic hydroxyl groups is 1. The minimum absolute atomic E-state index is 0.0135. The van der Waals surface area contributed by atoms with Crippen molar-refractivity contribution >= 4 is 39.9 Å². The Balaban J connectivity index is 1.81. The number of piperidine rings is 1. The molecule has 0 spiro atoms. The molecule has 2 atom stereocenters. The quantitative estimate of drug-likeness (QED) is 0.626. The van der Waals surface area contributed by atoms with Gasteiger partial charge in [0.2, 0.25) is 0 Å². The molecular weight excluding hydrogens is 351 g/mol. The van der Waals surface area contributed by atoms with Gasteiger partial charge in [-0.25, -0.2) is 4.98 Å². The topological polar surface area (TPSA) is 71.7 Å². The number of aromatic nitrogens is 2. The molecule has 2 N–H and O–H groups in total. The van der Waals surface area contributed by atoms with E-state index in [-0.39, 0.29) is 12.1 Å². The molecule has 0 aliphatic carbocycles. The van der Waals surface area contributed by atoms with Gasteiger partial charge in [-0.15, -0.1) is 0 Å². The normalized spacial score (nSPS) is 22.1. The van der Waals surface area contributed by atoms with Gasteiger partial charge in [-0.3, -0.25) is 0 Å². The SMILES string of the molecule is CON=C(C[C@H]1NCCC[C@@H]1O)Cn1cnc2cc(Cl)c(Cl)cc21. The first-order chi connectivity index (χ1) is 11.6. The zero-order valence-corrected chi connectivity index (χ0v) is 14.9. The van der Waals surface area contributed by atoms with Crippen LogP contribution >= 0.6 is 23.2 Å². The first kappa shape index (κ1) is 17.5. The van der Waals surface area contributed by atoms with Crippen LogP contribution in [0.5, 0.6) is 0 Å². The van der Waals surface area contributed by atoms with Crippen molar-refractivity contribution < 1.29 is 9.94 Å². The first-order valence-corrected chi connectivity index (χ1v) is 8.64. The Bertz CT molecular complexity index is 747. The van der Waals surface area contributed by atoms with E-state index in [1.165, 1.54) is 7.11 Å². The van der Waals surface area contributed by atoms with Crippen molar-refractivity contribution in [2.75, 3.05) is 13.7 Å². The van der Waals surface area contributed by atoms with Crippen LogP contribution in [-0.2, 0) is 11.4 Å². The number of nitrogens with zero attached hydrogens (tertiary/aromatic N) is 3. The van der Waals surface area contributed by atoms with Gasteiger partial charge in [0.15, 0.2) is 0 Å². The second kappa shape index (κ2) is 7.70. The highest BCUT2D eigenvalue weighted by Gasteiger charge is 2.24. The number of hydrogen-bond acceptors (Lipinski definition) is 5. The fraction of sp³-hybridized carbons (Fsp3) is 0.500. The van der Waals surface area contributed by atoms with Gasteiger partial charge in [0.25, 0.3) is 0 Å². The lowest BCUT2D eigenvalue weighted by molar-refractivity contribution is 0.0983. The second-order valence-electron chi connectivity index (χ2n) is 5.94. The molecule has 130 valence electrons. The van der Waals surface area contributed by atoms with Crippen LogP contribution < -0.4 is 5.32 Å². The van der Waals surface area contributed by atoms with Crippen LogP contribution in [0.25, 0.3) is 11.0 Å². The Hall–Kier alpha value is -1.34. The summed E-state index contributed by atoms with van der Waals surface area (Å²) in [7, 11) is 1.52. The number of imidazole rings is 1. The van der Waals surface area contributed by atoms with E-state index in [1.54, 1.807) is 18.5 Å². The summed E-state index contributed by atoms with van der Waals surface area (Å²) in [6.45, 7) is 1.41. The van der Waals surface area contributed by atoms with Gasteiger partial charge in [0.05, 0.1) is 45.8 Å². The smallest absolute Gasteiger partial charge is 0.106 e. The molecule has 1 saturated heterocycles. The van der Waals surface area contributed by atoms with E-state index >= 15 is 0 Å². The zero-order chi connectivity index (χ0) is 17.1. The Kier molecular flexibility index (Phi) is 5.61. The highest BCUT2D eigenvalue weighted by molar-refractivity contribution is 6.42. The summed E-state index contributed by atoms with van der Waals surface area (Å²) in [5.74, 6) is 0. The van der Waals surface area contributed by atoms with E-state index in [1.807, 2.05) is 4.57 Å². The number of fused-ring (bicyclic) bond motifs is 1. The molecule has 6 nitrogen and oxygen atoms in total. The van der Waals surface area contributed by atoms with Crippen molar-refractivity contribution in [1.29, 1.82) is 0 Å². The molecule has 0 amide bonds. The molecule has 0 saturated carbocycles. The third kappa shape index (κ3) is 3.83. The molecule has 24 heavy (non-hydrogen) atoms. The van der Waals surface area contributed by atoms with Crippen LogP contribution in [0.15, 0.2) is 23.6 Å². The summed E-state index contributed by atoms with van der Waals surface area (Å²) >= 11 is 12.2. The molecule has 3 rings (SSSR count). The third-order valence-electron chi connectivity index (χ3n) is 4.24. The molecule has 8 heteroatoms. The van der Waals surface area contributed by atoms with E-state index in [2.05, 4.69) is 15.5 Å². The highest BCUT2D eigenvalue weighted by Crippen LogP contribution is 2.27. The number of hydrogen-bond donors (Lipinski definition) is 2. The van der Waals surface area contributed by atoms with Gasteiger partial charge in [0, 0.05) is 12.5 Å². The number of rotatable bonds is 5. The molecule has 2 heterocycles. The molecule has 1 fully saturated rings. The van der Waals surface area contributed by atoms with Gasteiger partial charge in [-0.1, -0.05) is 28.4 Å². The van der Waals surface area contributed by atoms with Crippen molar-refractivity contribution in [3.05, 3.63) is 28.5 Å². The first-order valence-electron chi connectivity index (χ1n) is 7.88. The highest BCUT2D eigenvalue weighted by atomic mass is 35.5. The van der Waals surface area contributed by atoms with Crippen molar-refractivity contribution in [1.82, 2.24) is 14.9 Å². The lowest BCUT2D eigenvalue weighted by atomic mass is 9.96. The maximum atomic E-state index is 10.1. The maximum absolute atomic E-state index is 10.1. The molecule has 1 aromatic heterocycles. The fourth-order valence-corrected chi connectivity index (χ4v) is 3.35. The Morgan fingerprint density at radius 3 is 3.00 bits per heavy atom. The van der Waals surface area contributed by atoms with Crippen molar-refractivity contribution in [3.8, 4) is 0 Å². The Morgan fingerprint density at radius 1 is 1.46 bits per heavy atom. The number of aliphatic hydroxyl groups excluding tert-OH is 1. The van der Waals surface area contributed by atoms with Crippen LogP contribution in [0.3, 0.4) is 0 Å². The van der Waals surface area contributed by atoms with Gasteiger partial charge >= 0.3 is 0 Å². The number of halogens is 2. The van der Waals surface area contributed by atoms with Crippen LogP contribution in [-0.4, -0.2) is 46.2 Å². The number of nitrogens with one attached hydrogen (secondary N) is 1. The molecule has 1 aliphatic rings. The van der Waals surface area contributed by atoms with Crippen molar-refractivity contribution in [2.45, 2.75) is 38.0 Å². The van der Waals surface area contributed by atoms with Gasteiger partial charge in [-0.05, 0) is 31.5 Å².